The van der Waals surface area contributed by atoms with Gasteiger partial charge in [-0.1, -0.05) is 23.7 Å². The van der Waals surface area contributed by atoms with Crippen LogP contribution < -0.4 is 19.7 Å². The standard InChI is InChI=1S/C23H13ClF2N2O4/c24-13-3-1-12(2-4-13)20-21(27-14-5-8-18-19(9-14)32-11-31-18)23(30)28(22(20)29)15-6-7-16(25)17(26)10-15/h1-10,27H,11H2. The Hall–Kier alpha value is -3.91. The van der Waals surface area contributed by atoms with Crippen LogP contribution in [0.15, 0.2) is 66.4 Å². The van der Waals surface area contributed by atoms with Crippen LogP contribution in [0, 0.1) is 11.6 Å². The molecule has 0 atom stereocenters. The first kappa shape index (κ1) is 20.0. The molecular weight excluding hydrogens is 442 g/mol. The molecule has 2 amide bonds. The van der Waals surface area contributed by atoms with Crippen LogP contribution in [0.1, 0.15) is 5.56 Å². The van der Waals surface area contributed by atoms with Crippen LogP contribution in [0.3, 0.4) is 0 Å². The van der Waals surface area contributed by atoms with Crippen molar-refractivity contribution >= 4 is 40.4 Å². The Bertz CT molecular complexity index is 1310. The molecule has 2 heterocycles. The number of ether oxygens (including phenoxy) is 2. The maximum atomic E-state index is 13.8. The predicted molar refractivity (Wildman–Crippen MR) is 113 cm³/mol. The van der Waals surface area contributed by atoms with E-state index in [9.17, 15) is 18.4 Å². The lowest BCUT2D eigenvalue weighted by molar-refractivity contribution is -0.120. The van der Waals surface area contributed by atoms with Crippen molar-refractivity contribution in [2.75, 3.05) is 17.0 Å². The van der Waals surface area contributed by atoms with Gasteiger partial charge in [0.2, 0.25) is 6.79 Å². The van der Waals surface area contributed by atoms with Crippen LogP contribution in [0.25, 0.3) is 5.57 Å². The molecule has 2 aliphatic heterocycles. The van der Waals surface area contributed by atoms with Gasteiger partial charge in [-0.2, -0.15) is 0 Å². The molecule has 2 aliphatic rings. The van der Waals surface area contributed by atoms with Crippen molar-refractivity contribution in [3.05, 3.63) is 88.6 Å². The number of hydrogen-bond donors (Lipinski definition) is 1. The fourth-order valence-electron chi connectivity index (χ4n) is 3.51. The monoisotopic (exact) mass is 454 g/mol. The minimum absolute atomic E-state index is 0.0269. The van der Waals surface area contributed by atoms with E-state index in [1.807, 2.05) is 0 Å². The van der Waals surface area contributed by atoms with Gasteiger partial charge in [-0.25, -0.2) is 13.7 Å². The van der Waals surface area contributed by atoms with E-state index in [1.54, 1.807) is 42.5 Å². The number of fused-ring (bicyclic) bond motifs is 1. The number of rotatable bonds is 4. The van der Waals surface area contributed by atoms with Crippen molar-refractivity contribution in [3.63, 3.8) is 0 Å². The van der Waals surface area contributed by atoms with Gasteiger partial charge in [-0.15, -0.1) is 0 Å². The molecule has 160 valence electrons. The molecular formula is C23H13ClF2N2O4. The molecule has 5 rings (SSSR count). The first-order chi connectivity index (χ1) is 15.4. The van der Waals surface area contributed by atoms with E-state index in [0.717, 1.165) is 23.1 Å². The minimum Gasteiger partial charge on any atom is -0.454 e. The topological polar surface area (TPSA) is 67.9 Å². The highest BCUT2D eigenvalue weighted by Gasteiger charge is 2.40. The van der Waals surface area contributed by atoms with Gasteiger partial charge in [0.05, 0.1) is 11.3 Å². The summed E-state index contributed by atoms with van der Waals surface area (Å²) in [6, 6.07) is 14.1. The van der Waals surface area contributed by atoms with Crippen LogP contribution in [-0.2, 0) is 9.59 Å². The van der Waals surface area contributed by atoms with Crippen LogP contribution >= 0.6 is 11.6 Å². The summed E-state index contributed by atoms with van der Waals surface area (Å²) in [6.07, 6.45) is 0. The zero-order valence-corrected chi connectivity index (χ0v) is 17.0. The lowest BCUT2D eigenvalue weighted by atomic mass is 10.0. The normalized spacial score (nSPS) is 15.0. The van der Waals surface area contributed by atoms with Crippen LogP contribution in [0.4, 0.5) is 20.2 Å². The molecule has 0 fully saturated rings. The second-order valence-corrected chi connectivity index (χ2v) is 7.43. The molecule has 0 saturated carbocycles. The Morgan fingerprint density at radius 3 is 2.34 bits per heavy atom. The average molecular weight is 455 g/mol. The summed E-state index contributed by atoms with van der Waals surface area (Å²) in [5, 5.41) is 3.42. The average Bonchev–Trinajstić information content (AvgIpc) is 3.33. The van der Waals surface area contributed by atoms with Gasteiger partial charge in [-0.3, -0.25) is 9.59 Å². The number of halogens is 3. The number of benzene rings is 3. The minimum atomic E-state index is -1.17. The van der Waals surface area contributed by atoms with E-state index in [4.69, 9.17) is 21.1 Å². The summed E-state index contributed by atoms with van der Waals surface area (Å²) in [7, 11) is 0. The van der Waals surface area contributed by atoms with Gasteiger partial charge in [0.25, 0.3) is 11.8 Å². The molecule has 9 heteroatoms. The number of imide groups is 1. The van der Waals surface area contributed by atoms with E-state index in [0.29, 0.717) is 27.8 Å². The predicted octanol–water partition coefficient (Wildman–Crippen LogP) is 4.74. The number of carbonyl (C=O) groups excluding carboxylic acids is 2. The number of nitrogens with zero attached hydrogens (tertiary/aromatic N) is 1. The zero-order chi connectivity index (χ0) is 22.4. The molecule has 0 aromatic heterocycles. The Kier molecular flexibility index (Phi) is 4.79. The molecule has 0 radical (unpaired) electrons. The molecule has 32 heavy (non-hydrogen) atoms. The van der Waals surface area contributed by atoms with Crippen LogP contribution in [0.5, 0.6) is 11.5 Å². The number of carbonyl (C=O) groups is 2. The third-order valence-corrected chi connectivity index (χ3v) is 5.27. The van der Waals surface area contributed by atoms with Crippen molar-refractivity contribution in [2.24, 2.45) is 0 Å². The molecule has 3 aromatic rings. The zero-order valence-electron chi connectivity index (χ0n) is 16.2. The molecule has 0 unspecified atom stereocenters. The molecule has 0 aliphatic carbocycles. The first-order valence-corrected chi connectivity index (χ1v) is 9.81. The Morgan fingerprint density at radius 2 is 1.59 bits per heavy atom. The second-order valence-electron chi connectivity index (χ2n) is 6.99. The maximum absolute atomic E-state index is 13.8. The third-order valence-electron chi connectivity index (χ3n) is 5.02. The molecule has 0 saturated heterocycles. The van der Waals surface area contributed by atoms with Crippen molar-refractivity contribution in [3.8, 4) is 11.5 Å². The van der Waals surface area contributed by atoms with Gasteiger partial charge >= 0.3 is 0 Å². The maximum Gasteiger partial charge on any atom is 0.282 e. The van der Waals surface area contributed by atoms with Crippen molar-refractivity contribution in [1.29, 1.82) is 0 Å². The van der Waals surface area contributed by atoms with Crippen molar-refractivity contribution in [1.82, 2.24) is 0 Å². The summed E-state index contributed by atoms with van der Waals surface area (Å²) in [5.74, 6) is -2.63. The van der Waals surface area contributed by atoms with E-state index in [1.165, 1.54) is 0 Å². The van der Waals surface area contributed by atoms with Crippen molar-refractivity contribution in [2.45, 2.75) is 0 Å². The highest BCUT2D eigenvalue weighted by molar-refractivity contribution is 6.46. The Morgan fingerprint density at radius 1 is 0.844 bits per heavy atom. The number of hydrogen-bond acceptors (Lipinski definition) is 5. The lowest BCUT2D eigenvalue weighted by Crippen LogP contribution is -2.32. The van der Waals surface area contributed by atoms with Gasteiger partial charge in [0.1, 0.15) is 5.70 Å². The van der Waals surface area contributed by atoms with Gasteiger partial charge in [-0.05, 0) is 42.0 Å². The summed E-state index contributed by atoms with van der Waals surface area (Å²) in [5.41, 5.74) is 0.855. The van der Waals surface area contributed by atoms with Gasteiger partial charge < -0.3 is 14.8 Å². The fourth-order valence-corrected chi connectivity index (χ4v) is 3.63. The summed E-state index contributed by atoms with van der Waals surface area (Å²) in [6.45, 7) is 0.0822. The second kappa shape index (κ2) is 7.65. The highest BCUT2D eigenvalue weighted by atomic mass is 35.5. The smallest absolute Gasteiger partial charge is 0.282 e. The van der Waals surface area contributed by atoms with Crippen LogP contribution in [0.2, 0.25) is 5.02 Å². The van der Waals surface area contributed by atoms with E-state index in [-0.39, 0.29) is 23.8 Å². The fraction of sp³-hybridized carbons (Fsp3) is 0.0435. The van der Waals surface area contributed by atoms with E-state index < -0.39 is 23.4 Å². The van der Waals surface area contributed by atoms with E-state index >= 15 is 0 Å². The molecule has 1 N–H and O–H groups in total. The van der Waals surface area contributed by atoms with Crippen molar-refractivity contribution < 1.29 is 27.8 Å². The molecule has 0 spiro atoms. The first-order valence-electron chi connectivity index (χ1n) is 9.43. The molecule has 0 bridgehead atoms. The summed E-state index contributed by atoms with van der Waals surface area (Å²) < 4.78 is 37.9. The highest BCUT2D eigenvalue weighted by Crippen LogP contribution is 2.38. The van der Waals surface area contributed by atoms with Gasteiger partial charge in [0, 0.05) is 22.8 Å². The summed E-state index contributed by atoms with van der Waals surface area (Å²) in [4.78, 5) is 27.4. The summed E-state index contributed by atoms with van der Waals surface area (Å²) >= 11 is 5.96. The Balaban J connectivity index is 1.59. The SMILES string of the molecule is O=C1C(Nc2ccc3c(c2)OCO3)=C(c2ccc(Cl)cc2)C(=O)N1c1ccc(F)c(F)c1. The quantitative estimate of drug-likeness (QED) is 0.577. The Labute approximate surface area is 185 Å². The number of anilines is 2. The number of nitrogens with one attached hydrogen (secondary N) is 1. The largest absolute Gasteiger partial charge is 0.454 e. The van der Waals surface area contributed by atoms with E-state index in [2.05, 4.69) is 5.32 Å². The third kappa shape index (κ3) is 3.34. The lowest BCUT2D eigenvalue weighted by Gasteiger charge is -2.15. The molecule has 6 nitrogen and oxygen atoms in total. The number of amides is 2. The van der Waals surface area contributed by atoms with Crippen LogP contribution in [-0.4, -0.2) is 18.6 Å². The molecule has 3 aromatic carbocycles. The van der Waals surface area contributed by atoms with Gasteiger partial charge in [0.15, 0.2) is 23.1 Å².